The average molecular weight is 377 g/mol. The molecule has 0 aliphatic heterocycles. The molecule has 0 radical (unpaired) electrons. The number of benzene rings is 2. The summed E-state index contributed by atoms with van der Waals surface area (Å²) in [5.41, 5.74) is -0.571. The van der Waals surface area contributed by atoms with Crippen LogP contribution in [0.1, 0.15) is 15.9 Å². The molecule has 0 N–H and O–H groups in total. The Hall–Kier alpha value is -1.86. The molecule has 128 valence electrons. The molecule has 0 fully saturated rings. The highest BCUT2D eigenvalue weighted by molar-refractivity contribution is 7.98. The molecule has 2 aromatic rings. The molecule has 0 spiro atoms. The van der Waals surface area contributed by atoms with Gasteiger partial charge in [-0.2, -0.15) is 13.2 Å². The summed E-state index contributed by atoms with van der Waals surface area (Å²) in [5, 5.41) is -0.182. The number of carbonyl (C=O) groups excluding carboxylic acids is 1. The summed E-state index contributed by atoms with van der Waals surface area (Å²) in [4.78, 5) is 12.5. The van der Waals surface area contributed by atoms with Crippen LogP contribution < -0.4 is 4.74 Å². The van der Waals surface area contributed by atoms with Crippen molar-refractivity contribution in [3.05, 3.63) is 52.5 Å². The van der Waals surface area contributed by atoms with Gasteiger partial charge in [0.15, 0.2) is 0 Å². The fourth-order valence-electron chi connectivity index (χ4n) is 1.91. The van der Waals surface area contributed by atoms with Gasteiger partial charge in [0.1, 0.15) is 11.5 Å². The van der Waals surface area contributed by atoms with Gasteiger partial charge >= 0.3 is 12.1 Å². The lowest BCUT2D eigenvalue weighted by molar-refractivity contribution is -0.137. The van der Waals surface area contributed by atoms with Crippen molar-refractivity contribution < 1.29 is 27.4 Å². The minimum atomic E-state index is -4.49. The topological polar surface area (TPSA) is 35.5 Å². The van der Waals surface area contributed by atoms with E-state index in [1.54, 1.807) is 18.4 Å². The van der Waals surface area contributed by atoms with Crippen molar-refractivity contribution in [3.8, 4) is 11.5 Å². The van der Waals surface area contributed by atoms with Crippen LogP contribution in [0, 0.1) is 0 Å². The fraction of sp³-hybridized carbons (Fsp3) is 0.188. The van der Waals surface area contributed by atoms with Crippen molar-refractivity contribution in [2.45, 2.75) is 11.1 Å². The van der Waals surface area contributed by atoms with Gasteiger partial charge in [-0.05, 0) is 42.7 Å². The van der Waals surface area contributed by atoms with Crippen LogP contribution >= 0.6 is 23.4 Å². The van der Waals surface area contributed by atoms with Gasteiger partial charge in [-0.15, -0.1) is 11.8 Å². The van der Waals surface area contributed by atoms with E-state index in [-0.39, 0.29) is 16.5 Å². The minimum Gasteiger partial charge on any atom is -0.465 e. The normalized spacial score (nSPS) is 11.2. The number of carbonyl (C=O) groups is 1. The Bertz CT molecular complexity index is 763. The summed E-state index contributed by atoms with van der Waals surface area (Å²) < 4.78 is 48.1. The quantitative estimate of drug-likeness (QED) is 0.509. The highest BCUT2D eigenvalue weighted by Gasteiger charge is 2.31. The van der Waals surface area contributed by atoms with Crippen molar-refractivity contribution in [2.75, 3.05) is 13.4 Å². The van der Waals surface area contributed by atoms with Crippen LogP contribution in [0.2, 0.25) is 5.02 Å². The molecule has 0 atom stereocenters. The number of alkyl halides is 3. The summed E-state index contributed by atoms with van der Waals surface area (Å²) >= 11 is 7.21. The van der Waals surface area contributed by atoms with Crippen LogP contribution in [0.25, 0.3) is 0 Å². The van der Waals surface area contributed by atoms with Gasteiger partial charge < -0.3 is 9.47 Å². The van der Waals surface area contributed by atoms with E-state index in [0.717, 1.165) is 18.2 Å². The smallest absolute Gasteiger partial charge is 0.416 e. The SMILES string of the molecule is COC(=O)c1cc(Oc2ccc(C(F)(F)F)cc2Cl)ccc1SC. The van der Waals surface area contributed by atoms with Gasteiger partial charge in [-0.1, -0.05) is 11.6 Å². The summed E-state index contributed by atoms with van der Waals surface area (Å²) in [6, 6.07) is 7.49. The molecular weight excluding hydrogens is 365 g/mol. The first-order valence-electron chi connectivity index (χ1n) is 6.57. The number of rotatable bonds is 4. The molecule has 0 unspecified atom stereocenters. The lowest BCUT2D eigenvalue weighted by Gasteiger charge is -2.12. The highest BCUT2D eigenvalue weighted by atomic mass is 35.5. The maximum absolute atomic E-state index is 12.6. The molecule has 8 heteroatoms. The van der Waals surface area contributed by atoms with E-state index in [4.69, 9.17) is 21.1 Å². The Morgan fingerprint density at radius 2 is 1.88 bits per heavy atom. The molecular formula is C16H12ClF3O3S. The van der Waals surface area contributed by atoms with Crippen molar-refractivity contribution in [1.82, 2.24) is 0 Å². The number of methoxy groups -OCH3 is 1. The summed E-state index contributed by atoms with van der Waals surface area (Å²) in [6.45, 7) is 0. The number of hydrogen-bond acceptors (Lipinski definition) is 4. The van der Waals surface area contributed by atoms with E-state index >= 15 is 0 Å². The first-order chi connectivity index (χ1) is 11.3. The highest BCUT2D eigenvalue weighted by Crippen LogP contribution is 2.37. The molecule has 0 bridgehead atoms. The zero-order valence-corrected chi connectivity index (χ0v) is 14.2. The zero-order valence-electron chi connectivity index (χ0n) is 12.6. The van der Waals surface area contributed by atoms with Gasteiger partial charge in [0.2, 0.25) is 0 Å². The van der Waals surface area contributed by atoms with E-state index in [0.29, 0.717) is 10.5 Å². The molecule has 0 aliphatic carbocycles. The third-order valence-corrected chi connectivity index (χ3v) is 4.15. The number of hydrogen-bond donors (Lipinski definition) is 0. The van der Waals surface area contributed by atoms with Crippen LogP contribution in [0.5, 0.6) is 11.5 Å². The average Bonchev–Trinajstić information content (AvgIpc) is 2.54. The van der Waals surface area contributed by atoms with Gasteiger partial charge in [0.05, 0.1) is 23.3 Å². The number of esters is 1. The molecule has 3 nitrogen and oxygen atoms in total. The number of thioether (sulfide) groups is 1. The molecule has 0 amide bonds. The van der Waals surface area contributed by atoms with E-state index in [9.17, 15) is 18.0 Å². The largest absolute Gasteiger partial charge is 0.465 e. The summed E-state index contributed by atoms with van der Waals surface area (Å²) in [7, 11) is 1.26. The first-order valence-corrected chi connectivity index (χ1v) is 8.17. The summed E-state index contributed by atoms with van der Waals surface area (Å²) in [5.74, 6) is -0.226. The first kappa shape index (κ1) is 18.5. The molecule has 0 saturated carbocycles. The Labute approximate surface area is 145 Å². The third-order valence-electron chi connectivity index (χ3n) is 3.06. The molecule has 24 heavy (non-hydrogen) atoms. The number of ether oxygens (including phenoxy) is 2. The van der Waals surface area contributed by atoms with Crippen molar-refractivity contribution in [2.24, 2.45) is 0 Å². The molecule has 2 rings (SSSR count). The molecule has 0 aliphatic rings. The maximum Gasteiger partial charge on any atom is 0.416 e. The monoisotopic (exact) mass is 376 g/mol. The van der Waals surface area contributed by atoms with E-state index < -0.39 is 17.7 Å². The van der Waals surface area contributed by atoms with Gasteiger partial charge in [0.25, 0.3) is 0 Å². The van der Waals surface area contributed by atoms with Crippen molar-refractivity contribution >= 4 is 29.3 Å². The van der Waals surface area contributed by atoms with Crippen molar-refractivity contribution in [1.29, 1.82) is 0 Å². The zero-order chi connectivity index (χ0) is 17.9. The van der Waals surface area contributed by atoms with Crippen LogP contribution in [0.4, 0.5) is 13.2 Å². The fourth-order valence-corrected chi connectivity index (χ4v) is 2.69. The molecule has 0 saturated heterocycles. The second kappa shape index (κ2) is 7.36. The summed E-state index contributed by atoms with van der Waals surface area (Å²) in [6.07, 6.45) is -2.69. The van der Waals surface area contributed by atoms with Crippen molar-refractivity contribution in [3.63, 3.8) is 0 Å². The van der Waals surface area contributed by atoms with Crippen LogP contribution in [-0.2, 0) is 10.9 Å². The Kier molecular flexibility index (Phi) is 5.66. The predicted molar refractivity (Wildman–Crippen MR) is 86.1 cm³/mol. The van der Waals surface area contributed by atoms with Gasteiger partial charge in [-0.3, -0.25) is 0 Å². The molecule has 0 heterocycles. The van der Waals surface area contributed by atoms with Crippen LogP contribution in [0.15, 0.2) is 41.3 Å². The lowest BCUT2D eigenvalue weighted by Crippen LogP contribution is -2.05. The van der Waals surface area contributed by atoms with Gasteiger partial charge in [-0.25, -0.2) is 4.79 Å². The molecule has 0 aromatic heterocycles. The predicted octanol–water partition coefficient (Wildman–Crippen LogP) is 5.66. The Morgan fingerprint density at radius 1 is 1.17 bits per heavy atom. The maximum atomic E-state index is 12.6. The number of halogens is 4. The Balaban J connectivity index is 2.33. The Morgan fingerprint density at radius 3 is 2.42 bits per heavy atom. The third kappa shape index (κ3) is 4.15. The minimum absolute atomic E-state index is 0.0531. The van der Waals surface area contributed by atoms with E-state index in [2.05, 4.69) is 0 Å². The van der Waals surface area contributed by atoms with E-state index in [1.807, 2.05) is 0 Å². The molecule has 2 aromatic carbocycles. The standard InChI is InChI=1S/C16H12ClF3O3S/c1-22-15(21)11-8-10(4-6-14(11)24-2)23-13-5-3-9(7-12(13)17)16(18,19)20/h3-8H,1-2H3. The second-order valence-corrected chi connectivity index (χ2v) is 5.85. The van der Waals surface area contributed by atoms with E-state index in [1.165, 1.54) is 24.9 Å². The lowest BCUT2D eigenvalue weighted by atomic mass is 10.2. The second-order valence-electron chi connectivity index (χ2n) is 4.60. The van der Waals surface area contributed by atoms with Gasteiger partial charge in [0, 0.05) is 4.90 Å². The van der Waals surface area contributed by atoms with Crippen LogP contribution in [0.3, 0.4) is 0 Å². The van der Waals surface area contributed by atoms with Crippen LogP contribution in [-0.4, -0.2) is 19.3 Å².